The van der Waals surface area contributed by atoms with Gasteiger partial charge in [0.25, 0.3) is 5.91 Å². The molecule has 28 heavy (non-hydrogen) atoms. The minimum absolute atomic E-state index is 0.276. The summed E-state index contributed by atoms with van der Waals surface area (Å²) < 4.78 is 30.7. The molecule has 1 aliphatic heterocycles. The normalized spacial score (nSPS) is 13.2. The fraction of sp³-hybridized carbons (Fsp3) is 0.263. The maximum atomic E-state index is 12.2. The highest BCUT2D eigenvalue weighted by Gasteiger charge is 2.27. The van der Waals surface area contributed by atoms with Gasteiger partial charge in [0.1, 0.15) is 0 Å². The Labute approximate surface area is 171 Å². The van der Waals surface area contributed by atoms with Crippen molar-refractivity contribution in [2.75, 3.05) is 29.0 Å². The first-order valence-electron chi connectivity index (χ1n) is 8.49. The summed E-state index contributed by atoms with van der Waals surface area (Å²) in [7, 11) is -3.35. The van der Waals surface area contributed by atoms with E-state index in [2.05, 4.69) is 21.2 Å². The Morgan fingerprint density at radius 3 is 2.64 bits per heavy atom. The van der Waals surface area contributed by atoms with Crippen LogP contribution in [0.4, 0.5) is 11.4 Å². The predicted octanol–water partition coefficient (Wildman–Crippen LogP) is 2.88. The van der Waals surface area contributed by atoms with Crippen molar-refractivity contribution in [2.24, 2.45) is 0 Å². The van der Waals surface area contributed by atoms with Crippen LogP contribution in [0, 0.1) is 6.92 Å². The van der Waals surface area contributed by atoms with E-state index in [0.29, 0.717) is 24.3 Å². The number of rotatable bonds is 5. The summed E-state index contributed by atoms with van der Waals surface area (Å²) in [6.07, 6.45) is 1.67. The van der Waals surface area contributed by atoms with Gasteiger partial charge in [-0.25, -0.2) is 13.2 Å². The zero-order valence-electron chi connectivity index (χ0n) is 15.4. The maximum Gasteiger partial charge on any atom is 0.338 e. The minimum Gasteiger partial charge on any atom is -0.452 e. The largest absolute Gasteiger partial charge is 0.452 e. The highest BCUT2D eigenvalue weighted by molar-refractivity contribution is 9.10. The van der Waals surface area contributed by atoms with Crippen LogP contribution in [0.25, 0.3) is 0 Å². The van der Waals surface area contributed by atoms with E-state index in [9.17, 15) is 18.0 Å². The van der Waals surface area contributed by atoms with E-state index >= 15 is 0 Å². The molecule has 0 radical (unpaired) electrons. The zero-order valence-corrected chi connectivity index (χ0v) is 17.8. The molecular weight excluding hydrogens is 448 g/mol. The number of carbonyl (C=O) groups excluding carboxylic acids is 2. The number of halogens is 1. The summed E-state index contributed by atoms with van der Waals surface area (Å²) in [5.41, 5.74) is 3.24. The maximum absolute atomic E-state index is 12.2. The van der Waals surface area contributed by atoms with Crippen molar-refractivity contribution in [3.05, 3.63) is 57.6 Å². The number of sulfonamides is 1. The van der Waals surface area contributed by atoms with Gasteiger partial charge in [-0.3, -0.25) is 9.10 Å². The number of amides is 1. The molecule has 7 nitrogen and oxygen atoms in total. The molecule has 0 atom stereocenters. The van der Waals surface area contributed by atoms with Gasteiger partial charge in [0.05, 0.1) is 23.2 Å². The molecule has 0 fully saturated rings. The molecule has 1 aliphatic rings. The van der Waals surface area contributed by atoms with E-state index in [0.717, 1.165) is 21.9 Å². The van der Waals surface area contributed by atoms with Gasteiger partial charge in [-0.05, 0) is 70.7 Å². The lowest BCUT2D eigenvalue weighted by molar-refractivity contribution is -0.119. The fourth-order valence-corrected chi connectivity index (χ4v) is 4.52. The second kappa shape index (κ2) is 7.92. The topological polar surface area (TPSA) is 92.8 Å². The summed E-state index contributed by atoms with van der Waals surface area (Å²) >= 11 is 3.37. The molecule has 0 bridgehead atoms. The first-order valence-corrected chi connectivity index (χ1v) is 11.1. The molecule has 148 valence electrons. The lowest BCUT2D eigenvalue weighted by atomic mass is 10.1. The van der Waals surface area contributed by atoms with Gasteiger partial charge in [-0.2, -0.15) is 0 Å². The van der Waals surface area contributed by atoms with Crippen LogP contribution in [0.2, 0.25) is 0 Å². The molecule has 3 rings (SSSR count). The van der Waals surface area contributed by atoms with Crippen molar-refractivity contribution in [2.45, 2.75) is 13.3 Å². The number of anilines is 2. The molecule has 0 aliphatic carbocycles. The number of benzene rings is 2. The van der Waals surface area contributed by atoms with Gasteiger partial charge in [0.15, 0.2) is 6.61 Å². The third kappa shape index (κ3) is 4.53. The average molecular weight is 467 g/mol. The standard InChI is InChI=1S/C19H19BrN2O5S/c1-12-3-5-16(15(20)9-12)21-18(23)11-27-19(24)14-4-6-17-13(10-14)7-8-22(17)28(2,25)26/h3-6,9-10H,7-8,11H2,1-2H3,(H,21,23). The number of esters is 1. The van der Waals surface area contributed by atoms with Crippen LogP contribution in [0.3, 0.4) is 0 Å². The number of hydrogen-bond donors (Lipinski definition) is 1. The number of fused-ring (bicyclic) bond motifs is 1. The van der Waals surface area contributed by atoms with Gasteiger partial charge in [0, 0.05) is 11.0 Å². The van der Waals surface area contributed by atoms with Crippen LogP contribution in [0.1, 0.15) is 21.5 Å². The average Bonchev–Trinajstić information content (AvgIpc) is 3.05. The summed E-state index contributed by atoms with van der Waals surface area (Å²) in [6, 6.07) is 10.2. The lowest BCUT2D eigenvalue weighted by Crippen LogP contribution is -2.27. The quantitative estimate of drug-likeness (QED) is 0.683. The molecule has 0 aromatic heterocycles. The second-order valence-corrected chi connectivity index (χ2v) is 9.30. The van der Waals surface area contributed by atoms with E-state index < -0.39 is 28.5 Å². The molecule has 0 unspecified atom stereocenters. The van der Waals surface area contributed by atoms with Crippen molar-refractivity contribution >= 4 is 49.2 Å². The van der Waals surface area contributed by atoms with Crippen molar-refractivity contribution in [3.8, 4) is 0 Å². The van der Waals surface area contributed by atoms with E-state index in [1.165, 1.54) is 10.4 Å². The van der Waals surface area contributed by atoms with Gasteiger partial charge in [-0.1, -0.05) is 6.07 Å². The van der Waals surface area contributed by atoms with Gasteiger partial charge < -0.3 is 10.1 Å². The Kier molecular flexibility index (Phi) is 5.76. The van der Waals surface area contributed by atoms with E-state index in [-0.39, 0.29) is 5.56 Å². The Balaban J connectivity index is 1.62. The van der Waals surface area contributed by atoms with E-state index in [4.69, 9.17) is 4.74 Å². The molecular formula is C19H19BrN2O5S. The molecule has 9 heteroatoms. The number of ether oxygens (including phenoxy) is 1. The lowest BCUT2D eigenvalue weighted by Gasteiger charge is -2.16. The first-order chi connectivity index (χ1) is 13.1. The van der Waals surface area contributed by atoms with Crippen molar-refractivity contribution in [1.82, 2.24) is 0 Å². The first kappa shape index (κ1) is 20.3. The highest BCUT2D eigenvalue weighted by atomic mass is 79.9. The van der Waals surface area contributed by atoms with E-state index in [1.807, 2.05) is 19.1 Å². The monoisotopic (exact) mass is 466 g/mol. The molecule has 1 N–H and O–H groups in total. The number of nitrogens with zero attached hydrogens (tertiary/aromatic N) is 1. The number of carbonyl (C=O) groups is 2. The van der Waals surface area contributed by atoms with Crippen LogP contribution in [0.15, 0.2) is 40.9 Å². The van der Waals surface area contributed by atoms with Crippen molar-refractivity contribution < 1.29 is 22.7 Å². The van der Waals surface area contributed by atoms with Crippen LogP contribution < -0.4 is 9.62 Å². The van der Waals surface area contributed by atoms with Crippen LogP contribution in [-0.4, -0.2) is 39.7 Å². The molecule has 1 heterocycles. The van der Waals surface area contributed by atoms with Gasteiger partial charge in [0.2, 0.25) is 10.0 Å². The third-order valence-corrected chi connectivity index (χ3v) is 6.14. The molecule has 2 aromatic carbocycles. The zero-order chi connectivity index (χ0) is 20.5. The summed E-state index contributed by atoms with van der Waals surface area (Å²) in [6.45, 7) is 1.86. The van der Waals surface area contributed by atoms with Crippen LogP contribution in [-0.2, 0) is 26.0 Å². The molecule has 2 aromatic rings. The summed E-state index contributed by atoms with van der Waals surface area (Å²) in [4.78, 5) is 24.3. The molecule has 0 saturated carbocycles. The minimum atomic E-state index is -3.35. The Morgan fingerprint density at radius 2 is 1.96 bits per heavy atom. The SMILES string of the molecule is Cc1ccc(NC(=O)COC(=O)c2ccc3c(c2)CCN3S(C)(=O)=O)c(Br)c1. The molecule has 1 amide bonds. The highest BCUT2D eigenvalue weighted by Crippen LogP contribution is 2.31. The Bertz CT molecular complexity index is 1050. The predicted molar refractivity (Wildman–Crippen MR) is 110 cm³/mol. The van der Waals surface area contributed by atoms with Gasteiger partial charge >= 0.3 is 5.97 Å². The molecule has 0 spiro atoms. The summed E-state index contributed by atoms with van der Waals surface area (Å²) in [5, 5.41) is 2.67. The number of hydrogen-bond acceptors (Lipinski definition) is 5. The fourth-order valence-electron chi connectivity index (χ4n) is 2.97. The van der Waals surface area contributed by atoms with Crippen molar-refractivity contribution in [3.63, 3.8) is 0 Å². The van der Waals surface area contributed by atoms with Crippen LogP contribution >= 0.6 is 15.9 Å². The van der Waals surface area contributed by atoms with Crippen LogP contribution in [0.5, 0.6) is 0 Å². The smallest absolute Gasteiger partial charge is 0.338 e. The second-order valence-electron chi connectivity index (χ2n) is 6.54. The Hall–Kier alpha value is -2.39. The van der Waals surface area contributed by atoms with Gasteiger partial charge in [-0.15, -0.1) is 0 Å². The van der Waals surface area contributed by atoms with E-state index in [1.54, 1.807) is 18.2 Å². The number of aryl methyl sites for hydroxylation is 1. The molecule has 0 saturated heterocycles. The third-order valence-electron chi connectivity index (χ3n) is 4.30. The summed E-state index contributed by atoms with van der Waals surface area (Å²) in [5.74, 6) is -1.10. The number of nitrogens with one attached hydrogen (secondary N) is 1. The van der Waals surface area contributed by atoms with Crippen molar-refractivity contribution in [1.29, 1.82) is 0 Å². The Morgan fingerprint density at radius 1 is 1.21 bits per heavy atom.